The lowest BCUT2D eigenvalue weighted by Crippen LogP contribution is -2.23. The average Bonchev–Trinajstić information content (AvgIpc) is 2.48. The topological polar surface area (TPSA) is 43.4 Å². The Bertz CT molecular complexity index is 558. The van der Waals surface area contributed by atoms with Gasteiger partial charge in [0.2, 0.25) is 5.78 Å². The van der Waals surface area contributed by atoms with Gasteiger partial charge in [0, 0.05) is 11.1 Å². The lowest BCUT2D eigenvalue weighted by atomic mass is 10.1. The van der Waals surface area contributed by atoms with Crippen LogP contribution in [0, 0.1) is 0 Å². The summed E-state index contributed by atoms with van der Waals surface area (Å²) < 4.78 is 5.56. The molecule has 0 bridgehead atoms. The van der Waals surface area contributed by atoms with Gasteiger partial charge in [0.1, 0.15) is 12.0 Å². The predicted molar refractivity (Wildman–Crippen MR) is 72.7 cm³/mol. The molecular weight excluding hydrogens is 240 g/mol. The molecule has 3 nitrogen and oxygen atoms in total. The third-order valence-electron chi connectivity index (χ3n) is 2.76. The van der Waals surface area contributed by atoms with Gasteiger partial charge >= 0.3 is 0 Å². The fourth-order valence-corrected chi connectivity index (χ4v) is 1.72. The summed E-state index contributed by atoms with van der Waals surface area (Å²) in [6.07, 6.45) is 0.201. The van der Waals surface area contributed by atoms with Crippen LogP contribution in [-0.4, -0.2) is 18.2 Å². The van der Waals surface area contributed by atoms with Gasteiger partial charge in [-0.25, -0.2) is 0 Å². The largest absolute Gasteiger partial charge is 0.483 e. The summed E-state index contributed by atoms with van der Waals surface area (Å²) in [7, 11) is 0. The van der Waals surface area contributed by atoms with Crippen LogP contribution in [0.5, 0.6) is 5.75 Å². The second-order valence-corrected chi connectivity index (χ2v) is 4.18. The molecule has 0 fully saturated rings. The third-order valence-corrected chi connectivity index (χ3v) is 2.76. The molecule has 1 unspecified atom stereocenters. The van der Waals surface area contributed by atoms with Crippen molar-refractivity contribution in [1.82, 2.24) is 0 Å². The molecule has 0 spiro atoms. The van der Waals surface area contributed by atoms with E-state index in [1.165, 1.54) is 0 Å². The summed E-state index contributed by atoms with van der Waals surface area (Å²) in [5, 5.41) is 0. The van der Waals surface area contributed by atoms with Gasteiger partial charge < -0.3 is 4.74 Å². The number of Topliss-reactive ketones (excluding diaryl/α,β-unsaturated/α-hetero) is 1. The Labute approximate surface area is 111 Å². The summed E-state index contributed by atoms with van der Waals surface area (Å²) in [6.45, 7) is 1.71. The maximum absolute atomic E-state index is 12.1. The number of benzene rings is 2. The molecule has 2 rings (SSSR count). The Kier molecular flexibility index (Phi) is 4.08. The van der Waals surface area contributed by atoms with Crippen LogP contribution in [0.4, 0.5) is 0 Å². The quantitative estimate of drug-likeness (QED) is 0.608. The van der Waals surface area contributed by atoms with E-state index >= 15 is 0 Å². The van der Waals surface area contributed by atoms with Crippen molar-refractivity contribution in [3.63, 3.8) is 0 Å². The minimum Gasteiger partial charge on any atom is -0.483 e. The summed E-state index contributed by atoms with van der Waals surface area (Å²) in [5.74, 6) is 0.502. The highest BCUT2D eigenvalue weighted by Crippen LogP contribution is 2.15. The Morgan fingerprint density at radius 2 is 1.68 bits per heavy atom. The normalized spacial score (nSPS) is 11.6. The molecule has 0 radical (unpaired) electrons. The second kappa shape index (κ2) is 5.96. The number of hydrogen-bond donors (Lipinski definition) is 0. The molecule has 0 saturated heterocycles. The summed E-state index contributed by atoms with van der Waals surface area (Å²) >= 11 is 0. The molecule has 3 heteroatoms. The van der Waals surface area contributed by atoms with Crippen LogP contribution >= 0.6 is 0 Å². The van der Waals surface area contributed by atoms with E-state index in [9.17, 15) is 9.59 Å². The van der Waals surface area contributed by atoms with Crippen LogP contribution in [-0.2, 0) is 0 Å². The number of ether oxygens (including phenoxy) is 1. The highest BCUT2D eigenvalue weighted by atomic mass is 16.5. The number of carbonyl (C=O) groups is 2. The van der Waals surface area contributed by atoms with E-state index in [1.54, 1.807) is 43.3 Å². The van der Waals surface area contributed by atoms with E-state index in [4.69, 9.17) is 4.74 Å². The number of ketones is 1. The first-order valence-corrected chi connectivity index (χ1v) is 6.02. The van der Waals surface area contributed by atoms with Crippen molar-refractivity contribution in [2.45, 2.75) is 13.0 Å². The van der Waals surface area contributed by atoms with E-state index in [-0.39, 0.29) is 5.78 Å². The Hall–Kier alpha value is -2.42. The minimum absolute atomic E-state index is 0.0694. The van der Waals surface area contributed by atoms with E-state index in [0.29, 0.717) is 16.9 Å². The Morgan fingerprint density at radius 3 is 2.26 bits per heavy atom. The maximum atomic E-state index is 12.1. The highest BCUT2D eigenvalue weighted by Gasteiger charge is 2.16. The number of carbonyl (C=O) groups excluding carboxylic acids is 2. The minimum atomic E-state index is -0.565. The molecule has 19 heavy (non-hydrogen) atoms. The lowest BCUT2D eigenvalue weighted by molar-refractivity contribution is 0.0818. The van der Waals surface area contributed by atoms with E-state index in [1.807, 2.05) is 18.2 Å². The first kappa shape index (κ1) is 13.0. The average molecular weight is 254 g/mol. The number of rotatable bonds is 5. The monoisotopic (exact) mass is 254 g/mol. The fourth-order valence-electron chi connectivity index (χ4n) is 1.72. The van der Waals surface area contributed by atoms with Gasteiger partial charge in [0.05, 0.1) is 0 Å². The molecule has 0 aliphatic carbocycles. The van der Waals surface area contributed by atoms with Gasteiger partial charge in [0.15, 0.2) is 6.10 Å². The van der Waals surface area contributed by atoms with Crippen LogP contribution in [0.3, 0.4) is 0 Å². The van der Waals surface area contributed by atoms with Gasteiger partial charge in [-0.05, 0) is 31.2 Å². The summed E-state index contributed by atoms with van der Waals surface area (Å²) in [4.78, 5) is 22.6. The van der Waals surface area contributed by atoms with Crippen LogP contribution < -0.4 is 4.74 Å². The van der Waals surface area contributed by atoms with Crippen molar-refractivity contribution in [3.05, 3.63) is 65.7 Å². The van der Waals surface area contributed by atoms with Crippen LogP contribution in [0.1, 0.15) is 27.6 Å². The van der Waals surface area contributed by atoms with Gasteiger partial charge in [-0.15, -0.1) is 0 Å². The second-order valence-electron chi connectivity index (χ2n) is 4.18. The standard InChI is InChI=1S/C16H14O3/c1-12(16(18)14-5-3-2-4-6-14)19-15-9-7-13(11-17)8-10-15/h2-12H,1H3. The molecule has 0 aliphatic heterocycles. The van der Waals surface area contributed by atoms with Gasteiger partial charge in [0.25, 0.3) is 0 Å². The molecule has 0 aromatic heterocycles. The first-order valence-electron chi connectivity index (χ1n) is 6.02. The zero-order chi connectivity index (χ0) is 13.7. The number of hydrogen-bond acceptors (Lipinski definition) is 3. The zero-order valence-corrected chi connectivity index (χ0v) is 10.6. The van der Waals surface area contributed by atoms with E-state index in [2.05, 4.69) is 0 Å². The molecule has 0 N–H and O–H groups in total. The van der Waals surface area contributed by atoms with Crippen molar-refractivity contribution in [1.29, 1.82) is 0 Å². The lowest BCUT2D eigenvalue weighted by Gasteiger charge is -2.13. The Morgan fingerprint density at radius 1 is 1.05 bits per heavy atom. The third kappa shape index (κ3) is 3.28. The van der Waals surface area contributed by atoms with Gasteiger partial charge in [-0.3, -0.25) is 9.59 Å². The molecule has 0 aliphatic rings. The van der Waals surface area contributed by atoms with E-state index < -0.39 is 6.10 Å². The summed E-state index contributed by atoms with van der Waals surface area (Å²) in [5.41, 5.74) is 1.20. The van der Waals surface area contributed by atoms with Crippen LogP contribution in [0.25, 0.3) is 0 Å². The van der Waals surface area contributed by atoms with Crippen molar-refractivity contribution < 1.29 is 14.3 Å². The maximum Gasteiger partial charge on any atom is 0.202 e. The van der Waals surface area contributed by atoms with Crippen molar-refractivity contribution in [2.24, 2.45) is 0 Å². The Balaban J connectivity index is 2.06. The molecule has 1 atom stereocenters. The van der Waals surface area contributed by atoms with Crippen molar-refractivity contribution in [2.75, 3.05) is 0 Å². The molecule has 0 amide bonds. The smallest absolute Gasteiger partial charge is 0.202 e. The predicted octanol–water partition coefficient (Wildman–Crippen LogP) is 3.15. The highest BCUT2D eigenvalue weighted by molar-refractivity contribution is 5.99. The molecule has 96 valence electrons. The van der Waals surface area contributed by atoms with Crippen LogP contribution in [0.15, 0.2) is 54.6 Å². The number of aldehydes is 1. The van der Waals surface area contributed by atoms with Crippen LogP contribution in [0.2, 0.25) is 0 Å². The van der Waals surface area contributed by atoms with Crippen molar-refractivity contribution in [3.8, 4) is 5.75 Å². The first-order chi connectivity index (χ1) is 9.20. The molecular formula is C16H14O3. The summed E-state index contributed by atoms with van der Waals surface area (Å²) in [6, 6.07) is 15.7. The molecule has 2 aromatic rings. The molecule has 0 saturated carbocycles. The van der Waals surface area contributed by atoms with E-state index in [0.717, 1.165) is 6.29 Å². The van der Waals surface area contributed by atoms with Crippen molar-refractivity contribution >= 4 is 12.1 Å². The zero-order valence-electron chi connectivity index (χ0n) is 10.6. The fraction of sp³-hybridized carbons (Fsp3) is 0.125. The molecule has 2 aromatic carbocycles. The molecule has 0 heterocycles. The van der Waals surface area contributed by atoms with Gasteiger partial charge in [-0.1, -0.05) is 30.3 Å². The van der Waals surface area contributed by atoms with Gasteiger partial charge in [-0.2, -0.15) is 0 Å². The SMILES string of the molecule is CC(Oc1ccc(C=O)cc1)C(=O)c1ccccc1.